The van der Waals surface area contributed by atoms with Crippen LogP contribution in [0.2, 0.25) is 0 Å². The third-order valence-electron chi connectivity index (χ3n) is 4.76. The number of aromatic nitrogens is 1. The zero-order chi connectivity index (χ0) is 17.1. The van der Waals surface area contributed by atoms with Crippen LogP contribution < -0.4 is 10.2 Å². The van der Waals surface area contributed by atoms with Crippen LogP contribution in [0.3, 0.4) is 0 Å². The van der Waals surface area contributed by atoms with Gasteiger partial charge in [0.05, 0.1) is 0 Å². The summed E-state index contributed by atoms with van der Waals surface area (Å²) < 4.78 is 5.36. The average molecular weight is 327 g/mol. The Balaban J connectivity index is 1.73. The molecule has 0 bridgehead atoms. The van der Waals surface area contributed by atoms with E-state index in [0.717, 1.165) is 55.1 Å². The highest BCUT2D eigenvalue weighted by molar-refractivity contribution is 6.04. The van der Waals surface area contributed by atoms with Crippen LogP contribution in [0.1, 0.15) is 49.0 Å². The molecule has 1 heterocycles. The molecule has 5 nitrogen and oxygen atoms in total. The monoisotopic (exact) mass is 327 g/mol. The minimum absolute atomic E-state index is 0.190. The zero-order valence-corrected chi connectivity index (χ0v) is 14.6. The quantitative estimate of drug-likeness (QED) is 0.905. The molecule has 0 aliphatic heterocycles. The van der Waals surface area contributed by atoms with E-state index in [-0.39, 0.29) is 5.91 Å². The van der Waals surface area contributed by atoms with Crippen LogP contribution in [0, 0.1) is 5.92 Å². The van der Waals surface area contributed by atoms with Crippen molar-refractivity contribution in [1.29, 1.82) is 0 Å². The second-order valence-corrected chi connectivity index (χ2v) is 6.45. The Morgan fingerprint density at radius 1 is 1.29 bits per heavy atom. The van der Waals surface area contributed by atoms with Gasteiger partial charge < -0.3 is 14.7 Å². The smallest absolute Gasteiger partial charge is 0.278 e. The lowest BCUT2D eigenvalue weighted by molar-refractivity contribution is 0.101. The van der Waals surface area contributed by atoms with Gasteiger partial charge in [-0.05, 0) is 56.9 Å². The van der Waals surface area contributed by atoms with Gasteiger partial charge in [-0.1, -0.05) is 12.1 Å². The summed E-state index contributed by atoms with van der Waals surface area (Å²) in [4.78, 5) is 14.8. The Bertz CT molecular complexity index is 702. The Kier molecular flexibility index (Phi) is 4.88. The predicted molar refractivity (Wildman–Crippen MR) is 95.6 cm³/mol. The molecule has 1 aliphatic carbocycles. The molecule has 1 aliphatic rings. The molecule has 0 saturated heterocycles. The van der Waals surface area contributed by atoms with E-state index >= 15 is 0 Å². The molecular formula is C19H25N3O2. The standard InChI is InChI=1S/C19H25N3O2/c1-4-22(5-2)15-9-7-14(8-10-15)20-19(23)18-16-12-13(3)6-11-17(16)24-21-18/h7-10,13H,4-6,11-12H2,1-3H3,(H,20,23). The van der Waals surface area contributed by atoms with Gasteiger partial charge in [-0.25, -0.2) is 0 Å². The van der Waals surface area contributed by atoms with Crippen molar-refractivity contribution in [2.75, 3.05) is 23.3 Å². The van der Waals surface area contributed by atoms with Crippen LogP contribution in [-0.2, 0) is 12.8 Å². The number of carbonyl (C=O) groups is 1. The van der Waals surface area contributed by atoms with Crippen LogP contribution in [0.25, 0.3) is 0 Å². The van der Waals surface area contributed by atoms with Gasteiger partial charge in [0.25, 0.3) is 5.91 Å². The van der Waals surface area contributed by atoms with Crippen molar-refractivity contribution in [2.45, 2.75) is 40.0 Å². The number of carbonyl (C=O) groups excluding carboxylic acids is 1. The number of hydrogen-bond donors (Lipinski definition) is 1. The molecule has 0 spiro atoms. The summed E-state index contributed by atoms with van der Waals surface area (Å²) in [5.74, 6) is 1.25. The fourth-order valence-electron chi connectivity index (χ4n) is 3.29. The number of hydrogen-bond acceptors (Lipinski definition) is 4. The van der Waals surface area contributed by atoms with Crippen LogP contribution in [-0.4, -0.2) is 24.2 Å². The van der Waals surface area contributed by atoms with E-state index in [1.54, 1.807) is 0 Å². The van der Waals surface area contributed by atoms with Crippen molar-refractivity contribution in [3.63, 3.8) is 0 Å². The first-order valence-corrected chi connectivity index (χ1v) is 8.76. The largest absolute Gasteiger partial charge is 0.372 e. The van der Waals surface area contributed by atoms with Crippen molar-refractivity contribution < 1.29 is 9.32 Å². The van der Waals surface area contributed by atoms with E-state index < -0.39 is 0 Å². The highest BCUT2D eigenvalue weighted by atomic mass is 16.5. The van der Waals surface area contributed by atoms with Crippen molar-refractivity contribution in [2.24, 2.45) is 5.92 Å². The number of benzene rings is 1. The van der Waals surface area contributed by atoms with Crippen molar-refractivity contribution in [3.8, 4) is 0 Å². The lowest BCUT2D eigenvalue weighted by Gasteiger charge is -2.21. The number of rotatable bonds is 5. The van der Waals surface area contributed by atoms with Crippen molar-refractivity contribution >= 4 is 17.3 Å². The van der Waals surface area contributed by atoms with Gasteiger partial charge in [-0.3, -0.25) is 4.79 Å². The van der Waals surface area contributed by atoms with Crippen molar-refractivity contribution in [1.82, 2.24) is 5.16 Å². The van der Waals surface area contributed by atoms with Gasteiger partial charge in [0.15, 0.2) is 5.69 Å². The molecule has 1 unspecified atom stereocenters. The van der Waals surface area contributed by atoms with E-state index in [0.29, 0.717) is 11.6 Å². The highest BCUT2D eigenvalue weighted by Gasteiger charge is 2.26. The van der Waals surface area contributed by atoms with E-state index in [1.165, 1.54) is 0 Å². The Hall–Kier alpha value is -2.30. The molecule has 1 amide bonds. The molecule has 1 N–H and O–H groups in total. The molecule has 24 heavy (non-hydrogen) atoms. The number of anilines is 2. The summed E-state index contributed by atoms with van der Waals surface area (Å²) in [5, 5.41) is 6.94. The second-order valence-electron chi connectivity index (χ2n) is 6.45. The van der Waals surface area contributed by atoms with Crippen LogP contribution in [0.5, 0.6) is 0 Å². The maximum absolute atomic E-state index is 12.5. The van der Waals surface area contributed by atoms with E-state index in [2.05, 4.69) is 36.1 Å². The van der Waals surface area contributed by atoms with E-state index in [1.807, 2.05) is 24.3 Å². The fraction of sp³-hybridized carbons (Fsp3) is 0.474. The van der Waals surface area contributed by atoms with Crippen molar-refractivity contribution in [3.05, 3.63) is 41.3 Å². The van der Waals surface area contributed by atoms with Gasteiger partial charge in [0, 0.05) is 36.4 Å². The lowest BCUT2D eigenvalue weighted by atomic mass is 9.88. The first kappa shape index (κ1) is 16.6. The molecule has 3 rings (SSSR count). The van der Waals surface area contributed by atoms with Crippen LogP contribution in [0.15, 0.2) is 28.8 Å². The summed E-state index contributed by atoms with van der Waals surface area (Å²) in [7, 11) is 0. The number of nitrogens with one attached hydrogen (secondary N) is 1. The Morgan fingerprint density at radius 2 is 2.00 bits per heavy atom. The Morgan fingerprint density at radius 3 is 2.67 bits per heavy atom. The lowest BCUT2D eigenvalue weighted by Crippen LogP contribution is -2.21. The van der Waals surface area contributed by atoms with Crippen LogP contribution in [0.4, 0.5) is 11.4 Å². The van der Waals surface area contributed by atoms with Gasteiger partial charge in [-0.15, -0.1) is 0 Å². The minimum Gasteiger partial charge on any atom is -0.372 e. The summed E-state index contributed by atoms with van der Waals surface area (Å²) in [6.07, 6.45) is 2.83. The summed E-state index contributed by atoms with van der Waals surface area (Å²) >= 11 is 0. The fourth-order valence-corrected chi connectivity index (χ4v) is 3.29. The molecule has 128 valence electrons. The molecule has 0 saturated carbocycles. The topological polar surface area (TPSA) is 58.4 Å². The van der Waals surface area contributed by atoms with Gasteiger partial charge in [0.1, 0.15) is 5.76 Å². The first-order chi connectivity index (χ1) is 11.6. The summed E-state index contributed by atoms with van der Waals surface area (Å²) in [6, 6.07) is 7.92. The number of fused-ring (bicyclic) bond motifs is 1. The summed E-state index contributed by atoms with van der Waals surface area (Å²) in [6.45, 7) is 8.39. The maximum atomic E-state index is 12.5. The molecule has 2 aromatic rings. The molecule has 5 heteroatoms. The first-order valence-electron chi connectivity index (χ1n) is 8.76. The molecule has 1 atom stereocenters. The summed E-state index contributed by atoms with van der Waals surface area (Å²) in [5.41, 5.74) is 3.34. The SMILES string of the molecule is CCN(CC)c1ccc(NC(=O)c2noc3c2CC(C)CC3)cc1. The van der Waals surface area contributed by atoms with Crippen LogP contribution >= 0.6 is 0 Å². The average Bonchev–Trinajstić information content (AvgIpc) is 3.00. The minimum atomic E-state index is -0.190. The molecule has 0 fully saturated rings. The van der Waals surface area contributed by atoms with E-state index in [4.69, 9.17) is 4.52 Å². The normalized spacial score (nSPS) is 16.5. The number of amides is 1. The Labute approximate surface area is 143 Å². The third-order valence-corrected chi connectivity index (χ3v) is 4.76. The van der Waals surface area contributed by atoms with Gasteiger partial charge in [0.2, 0.25) is 0 Å². The number of nitrogens with zero attached hydrogens (tertiary/aromatic N) is 2. The maximum Gasteiger partial charge on any atom is 0.278 e. The second kappa shape index (κ2) is 7.07. The predicted octanol–water partition coefficient (Wildman–Crippen LogP) is 3.90. The molecular weight excluding hydrogens is 302 g/mol. The van der Waals surface area contributed by atoms with Gasteiger partial charge in [-0.2, -0.15) is 0 Å². The molecule has 1 aromatic heterocycles. The van der Waals surface area contributed by atoms with Gasteiger partial charge >= 0.3 is 0 Å². The highest BCUT2D eigenvalue weighted by Crippen LogP contribution is 2.28. The third kappa shape index (κ3) is 3.30. The zero-order valence-electron chi connectivity index (χ0n) is 14.6. The molecule has 1 aromatic carbocycles. The number of aryl methyl sites for hydroxylation is 1. The van der Waals surface area contributed by atoms with E-state index in [9.17, 15) is 4.79 Å². The molecule has 0 radical (unpaired) electrons.